The zero-order chi connectivity index (χ0) is 16.9. The van der Waals surface area contributed by atoms with E-state index in [1.54, 1.807) is 12.4 Å². The fourth-order valence-corrected chi connectivity index (χ4v) is 3.69. The molecule has 1 saturated heterocycles. The Kier molecular flexibility index (Phi) is 3.48. The summed E-state index contributed by atoms with van der Waals surface area (Å²) in [5, 5.41) is 8.44. The van der Waals surface area contributed by atoms with Crippen LogP contribution in [0.5, 0.6) is 0 Å². The fourth-order valence-electron chi connectivity index (χ4n) is 3.69. The van der Waals surface area contributed by atoms with E-state index < -0.39 is 12.7 Å². The lowest BCUT2D eigenvalue weighted by Crippen LogP contribution is -2.32. The van der Waals surface area contributed by atoms with Gasteiger partial charge in [-0.3, -0.25) is 9.30 Å². The predicted octanol–water partition coefficient (Wildman–Crippen LogP) is 2.59. The second kappa shape index (κ2) is 5.44. The number of alkyl halides is 3. The van der Waals surface area contributed by atoms with Gasteiger partial charge >= 0.3 is 6.18 Å². The molecule has 0 amide bonds. The second-order valence-electron chi connectivity index (χ2n) is 6.31. The molecule has 3 aromatic heterocycles. The van der Waals surface area contributed by atoms with Gasteiger partial charge in [-0.2, -0.15) is 13.2 Å². The lowest BCUT2D eigenvalue weighted by Gasteiger charge is -2.17. The number of nitrogens with zero attached hydrogens (tertiary/aromatic N) is 5. The van der Waals surface area contributed by atoms with Crippen LogP contribution in [0, 0.1) is 5.92 Å². The highest BCUT2D eigenvalue weighted by atomic mass is 19.4. The van der Waals surface area contributed by atoms with Crippen LogP contribution in [0.25, 0.3) is 16.8 Å². The van der Waals surface area contributed by atoms with E-state index in [1.807, 2.05) is 17.4 Å². The number of rotatable bonds is 3. The van der Waals surface area contributed by atoms with Gasteiger partial charge in [-0.15, -0.1) is 10.2 Å². The third kappa shape index (κ3) is 2.52. The van der Waals surface area contributed by atoms with Crippen LogP contribution >= 0.6 is 0 Å². The number of hydrogen-bond acceptors (Lipinski definition) is 4. The molecule has 0 unspecified atom stereocenters. The number of fused-ring (bicyclic) bond motifs is 3. The Hall–Kier alpha value is -2.16. The van der Waals surface area contributed by atoms with Gasteiger partial charge in [-0.25, -0.2) is 4.98 Å². The number of H-pyrrole nitrogens is 1. The van der Waals surface area contributed by atoms with Crippen molar-refractivity contribution in [2.24, 2.45) is 5.92 Å². The minimum atomic E-state index is -4.18. The number of likely N-dealkylation sites (tertiary alicyclic amines) is 1. The van der Waals surface area contributed by atoms with E-state index >= 15 is 0 Å². The molecule has 1 N–H and O–H groups in total. The lowest BCUT2D eigenvalue weighted by atomic mass is 9.93. The van der Waals surface area contributed by atoms with Gasteiger partial charge in [0, 0.05) is 25.2 Å². The normalized spacial score (nSPS) is 22.8. The summed E-state index contributed by atoms with van der Waals surface area (Å²) in [5.74, 6) is 0.767. The zero-order valence-electron chi connectivity index (χ0n) is 13.1. The first kappa shape index (κ1) is 15.4. The van der Waals surface area contributed by atoms with Crippen molar-refractivity contribution in [1.82, 2.24) is 29.5 Å². The number of hydrogen-bond donors (Lipinski definition) is 1. The van der Waals surface area contributed by atoms with E-state index in [1.165, 1.54) is 4.90 Å². The van der Waals surface area contributed by atoms with Crippen molar-refractivity contribution < 1.29 is 13.2 Å². The van der Waals surface area contributed by atoms with Gasteiger partial charge in [0.2, 0.25) is 0 Å². The monoisotopic (exact) mass is 338 g/mol. The van der Waals surface area contributed by atoms with Crippen LogP contribution in [0.1, 0.15) is 25.1 Å². The summed E-state index contributed by atoms with van der Waals surface area (Å²) >= 11 is 0. The molecule has 6 nitrogen and oxygen atoms in total. The van der Waals surface area contributed by atoms with Gasteiger partial charge in [0.1, 0.15) is 5.82 Å². The maximum absolute atomic E-state index is 12.7. The Labute approximate surface area is 135 Å². The van der Waals surface area contributed by atoms with Crippen molar-refractivity contribution in [3.05, 3.63) is 24.3 Å². The molecular formula is C15H17F3N6. The average molecular weight is 338 g/mol. The highest BCUT2D eigenvalue weighted by Crippen LogP contribution is 2.36. The van der Waals surface area contributed by atoms with Crippen LogP contribution in [0.2, 0.25) is 0 Å². The fraction of sp³-hybridized carbons (Fsp3) is 0.533. The third-order valence-corrected chi connectivity index (χ3v) is 4.74. The maximum atomic E-state index is 12.7. The Morgan fingerprint density at radius 3 is 2.88 bits per heavy atom. The van der Waals surface area contributed by atoms with Crippen molar-refractivity contribution in [1.29, 1.82) is 0 Å². The highest BCUT2D eigenvalue weighted by Gasteiger charge is 2.40. The number of halogens is 3. The summed E-state index contributed by atoms with van der Waals surface area (Å²) < 4.78 is 40.1. The summed E-state index contributed by atoms with van der Waals surface area (Å²) in [6, 6.07) is 1.88. The van der Waals surface area contributed by atoms with Gasteiger partial charge < -0.3 is 4.98 Å². The molecule has 0 bridgehead atoms. The molecule has 24 heavy (non-hydrogen) atoms. The minimum absolute atomic E-state index is 0.0761. The second-order valence-corrected chi connectivity index (χ2v) is 6.31. The lowest BCUT2D eigenvalue weighted by molar-refractivity contribution is -0.143. The summed E-state index contributed by atoms with van der Waals surface area (Å²) in [4.78, 5) is 8.78. The Morgan fingerprint density at radius 2 is 2.12 bits per heavy atom. The van der Waals surface area contributed by atoms with E-state index in [9.17, 15) is 13.2 Å². The predicted molar refractivity (Wildman–Crippen MR) is 81.7 cm³/mol. The van der Waals surface area contributed by atoms with E-state index in [-0.39, 0.29) is 11.8 Å². The number of nitrogens with one attached hydrogen (secondary N) is 1. The van der Waals surface area contributed by atoms with E-state index in [2.05, 4.69) is 20.2 Å². The summed E-state index contributed by atoms with van der Waals surface area (Å²) in [7, 11) is 0. The van der Waals surface area contributed by atoms with Gasteiger partial charge in [-0.05, 0) is 12.0 Å². The maximum Gasteiger partial charge on any atom is 0.401 e. The molecule has 1 aliphatic heterocycles. The third-order valence-electron chi connectivity index (χ3n) is 4.74. The SMILES string of the molecule is CC[C@@H]1CN(CC(F)(F)F)C[C@@H]1c1nnc2cnc3[nH]ccc3n12. The summed E-state index contributed by atoms with van der Waals surface area (Å²) in [6.07, 6.45) is 0.0226. The topological polar surface area (TPSA) is 62.1 Å². The standard InChI is InChI=1S/C15H17F3N6/c1-2-9-6-23(8-15(16,17)18)7-10(9)14-22-21-12-5-20-13-11(24(12)14)3-4-19-13/h3-5,9-10,19H,2,6-8H2,1H3/t9-,10+/m1/s1. The van der Waals surface area contributed by atoms with Crippen LogP contribution in [0.15, 0.2) is 18.5 Å². The van der Waals surface area contributed by atoms with E-state index in [0.717, 1.165) is 11.9 Å². The highest BCUT2D eigenvalue weighted by molar-refractivity contribution is 5.74. The quantitative estimate of drug-likeness (QED) is 0.797. The number of aromatic nitrogens is 5. The molecule has 0 saturated carbocycles. The van der Waals surface area contributed by atoms with Crippen LogP contribution in [0.3, 0.4) is 0 Å². The van der Waals surface area contributed by atoms with Crippen molar-refractivity contribution in [2.75, 3.05) is 19.6 Å². The molecule has 1 aliphatic rings. The molecule has 0 aromatic carbocycles. The molecule has 4 rings (SSSR count). The van der Waals surface area contributed by atoms with Gasteiger partial charge in [0.05, 0.1) is 18.3 Å². The van der Waals surface area contributed by atoms with E-state index in [4.69, 9.17) is 0 Å². The molecule has 9 heteroatoms. The Balaban J connectivity index is 1.74. The van der Waals surface area contributed by atoms with Crippen molar-refractivity contribution in [3.63, 3.8) is 0 Å². The van der Waals surface area contributed by atoms with Crippen LogP contribution < -0.4 is 0 Å². The first-order valence-electron chi connectivity index (χ1n) is 7.92. The molecular weight excluding hydrogens is 321 g/mol. The number of aromatic amines is 1. The molecule has 4 heterocycles. The first-order valence-corrected chi connectivity index (χ1v) is 7.92. The smallest absolute Gasteiger partial charge is 0.345 e. The van der Waals surface area contributed by atoms with Crippen molar-refractivity contribution in [3.8, 4) is 0 Å². The Morgan fingerprint density at radius 1 is 1.29 bits per heavy atom. The van der Waals surface area contributed by atoms with E-state index in [0.29, 0.717) is 30.2 Å². The van der Waals surface area contributed by atoms with Crippen LogP contribution in [-0.4, -0.2) is 55.3 Å². The molecule has 2 atom stereocenters. The summed E-state index contributed by atoms with van der Waals surface area (Å²) in [5.41, 5.74) is 2.17. The molecule has 0 radical (unpaired) electrons. The first-order chi connectivity index (χ1) is 11.5. The molecule has 0 aliphatic carbocycles. The Bertz CT molecular complexity index is 867. The van der Waals surface area contributed by atoms with Crippen molar-refractivity contribution in [2.45, 2.75) is 25.4 Å². The largest absolute Gasteiger partial charge is 0.401 e. The van der Waals surface area contributed by atoms with Gasteiger partial charge in [0.15, 0.2) is 11.3 Å². The van der Waals surface area contributed by atoms with Gasteiger partial charge in [-0.1, -0.05) is 13.3 Å². The average Bonchev–Trinajstić information content (AvgIpc) is 3.21. The van der Waals surface area contributed by atoms with Crippen LogP contribution in [-0.2, 0) is 0 Å². The summed E-state index contributed by atoms with van der Waals surface area (Å²) in [6.45, 7) is 1.90. The minimum Gasteiger partial charge on any atom is -0.345 e. The van der Waals surface area contributed by atoms with Crippen LogP contribution in [0.4, 0.5) is 13.2 Å². The van der Waals surface area contributed by atoms with Gasteiger partial charge in [0.25, 0.3) is 0 Å². The molecule has 1 fully saturated rings. The van der Waals surface area contributed by atoms with Crippen molar-refractivity contribution >= 4 is 16.8 Å². The molecule has 3 aromatic rings. The molecule has 0 spiro atoms. The molecule has 128 valence electrons. The zero-order valence-corrected chi connectivity index (χ0v) is 13.1.